The van der Waals surface area contributed by atoms with Crippen molar-refractivity contribution in [3.05, 3.63) is 70.9 Å². The summed E-state index contributed by atoms with van der Waals surface area (Å²) in [5, 5.41) is 13.4. The molecule has 0 bridgehead atoms. The molecule has 0 atom stereocenters. The molecule has 1 N–H and O–H groups in total. The predicted octanol–water partition coefficient (Wildman–Crippen LogP) is 4.50. The summed E-state index contributed by atoms with van der Waals surface area (Å²) >= 11 is 0. The number of carbonyl (C=O) groups is 1. The minimum absolute atomic E-state index is 0.155. The van der Waals surface area contributed by atoms with Gasteiger partial charge in [0.1, 0.15) is 18.1 Å². The molecule has 0 unspecified atom stereocenters. The van der Waals surface area contributed by atoms with Crippen molar-refractivity contribution >= 4 is 5.97 Å². The van der Waals surface area contributed by atoms with E-state index in [1.165, 1.54) is 6.42 Å². The minimum Gasteiger partial charge on any atom is -0.489 e. The average Bonchev–Trinajstić information content (AvgIpc) is 3.11. The van der Waals surface area contributed by atoms with Gasteiger partial charge in [0.25, 0.3) is 0 Å². The predicted molar refractivity (Wildman–Crippen MR) is 104 cm³/mol. The number of rotatable bonds is 8. The topological polar surface area (TPSA) is 94.7 Å². The first kappa shape index (κ1) is 19.0. The lowest BCUT2D eigenvalue weighted by Gasteiger charge is -2.20. The first-order valence-corrected chi connectivity index (χ1v) is 9.60. The normalized spacial score (nSPS) is 13.7. The highest BCUT2D eigenvalue weighted by Gasteiger charge is 2.25. The molecule has 29 heavy (non-hydrogen) atoms. The van der Waals surface area contributed by atoms with Crippen LogP contribution in [0.25, 0.3) is 0 Å². The fraction of sp³-hybridized carbons (Fsp3) is 0.318. The maximum absolute atomic E-state index is 11.5. The third-order valence-corrected chi connectivity index (χ3v) is 5.08. The molecule has 3 aromatic rings. The van der Waals surface area contributed by atoms with Crippen molar-refractivity contribution in [1.82, 2.24) is 10.1 Å². The van der Waals surface area contributed by atoms with Gasteiger partial charge in [-0.3, -0.25) is 0 Å². The van der Waals surface area contributed by atoms with Crippen LogP contribution in [0, 0.1) is 6.92 Å². The smallest absolute Gasteiger partial charge is 0.336 e. The molecule has 1 aliphatic carbocycles. The summed E-state index contributed by atoms with van der Waals surface area (Å²) in [6.07, 6.45) is 3.42. The van der Waals surface area contributed by atoms with E-state index in [0.29, 0.717) is 40.3 Å². The number of aromatic carboxylic acids is 1. The molecule has 4 rings (SSSR count). The monoisotopic (exact) mass is 394 g/mol. The van der Waals surface area contributed by atoms with Crippen LogP contribution in [0.3, 0.4) is 0 Å². The number of nitrogens with zero attached hydrogens (tertiary/aromatic N) is 2. The van der Waals surface area contributed by atoms with E-state index >= 15 is 0 Å². The van der Waals surface area contributed by atoms with Crippen LogP contribution >= 0.6 is 0 Å². The third kappa shape index (κ3) is 4.39. The maximum Gasteiger partial charge on any atom is 0.336 e. The van der Waals surface area contributed by atoms with E-state index < -0.39 is 5.97 Å². The Balaban J connectivity index is 1.37. The first-order valence-electron chi connectivity index (χ1n) is 9.60. The van der Waals surface area contributed by atoms with Crippen molar-refractivity contribution < 1.29 is 23.9 Å². The third-order valence-electron chi connectivity index (χ3n) is 5.08. The van der Waals surface area contributed by atoms with Gasteiger partial charge in [0.05, 0.1) is 5.56 Å². The van der Waals surface area contributed by atoms with Gasteiger partial charge in [-0.05, 0) is 37.5 Å². The van der Waals surface area contributed by atoms with Gasteiger partial charge in [-0.15, -0.1) is 0 Å². The Morgan fingerprint density at radius 3 is 2.55 bits per heavy atom. The first-order chi connectivity index (χ1) is 14.1. The lowest BCUT2D eigenvalue weighted by atomic mass is 9.85. The Kier molecular flexibility index (Phi) is 5.46. The number of aryl methyl sites for hydroxylation is 1. The van der Waals surface area contributed by atoms with Gasteiger partial charge in [-0.1, -0.05) is 35.8 Å². The van der Waals surface area contributed by atoms with E-state index in [-0.39, 0.29) is 18.8 Å². The number of ether oxygens (including phenoxy) is 2. The van der Waals surface area contributed by atoms with Crippen LogP contribution in [0.15, 0.2) is 47.0 Å². The van der Waals surface area contributed by atoms with Gasteiger partial charge in [-0.25, -0.2) is 4.79 Å². The largest absolute Gasteiger partial charge is 0.489 e. The molecular formula is C22H22N2O5. The molecule has 2 aromatic carbocycles. The molecule has 1 heterocycles. The molecule has 1 fully saturated rings. The quantitative estimate of drug-likeness (QED) is 0.601. The van der Waals surface area contributed by atoms with Gasteiger partial charge >= 0.3 is 5.97 Å². The summed E-state index contributed by atoms with van der Waals surface area (Å²) in [5.74, 6) is 1.85. The lowest BCUT2D eigenvalue weighted by molar-refractivity contribution is 0.0693. The number of hydrogen-bond acceptors (Lipinski definition) is 6. The van der Waals surface area contributed by atoms with Gasteiger partial charge in [0, 0.05) is 17.5 Å². The van der Waals surface area contributed by atoms with Gasteiger partial charge in [0.15, 0.2) is 6.61 Å². The molecular weight excluding hydrogens is 372 g/mol. The number of carboxylic acids is 1. The van der Waals surface area contributed by atoms with E-state index in [4.69, 9.17) is 14.0 Å². The standard InChI is InChI=1S/C22H22N2O5/c1-14-5-2-8-16(20(14)22(25)26)12-27-17-9-4-10-18(11-17)28-13-19-23-21(29-24-19)15-6-3-7-15/h2,4-5,8-11,15H,3,6-7,12-13H2,1H3,(H,25,26). The second-order valence-electron chi connectivity index (χ2n) is 7.14. The van der Waals surface area contributed by atoms with Crippen LogP contribution in [0.1, 0.15) is 58.4 Å². The van der Waals surface area contributed by atoms with Crippen molar-refractivity contribution in [2.75, 3.05) is 0 Å². The molecule has 0 saturated heterocycles. The van der Waals surface area contributed by atoms with Crippen molar-refractivity contribution in [3.63, 3.8) is 0 Å². The lowest BCUT2D eigenvalue weighted by Crippen LogP contribution is -2.09. The summed E-state index contributed by atoms with van der Waals surface area (Å²) in [6, 6.07) is 12.5. The number of benzene rings is 2. The zero-order chi connectivity index (χ0) is 20.2. The molecule has 1 saturated carbocycles. The van der Waals surface area contributed by atoms with Crippen LogP contribution < -0.4 is 9.47 Å². The Morgan fingerprint density at radius 2 is 1.86 bits per heavy atom. The zero-order valence-electron chi connectivity index (χ0n) is 16.1. The van der Waals surface area contributed by atoms with Crippen molar-refractivity contribution in [1.29, 1.82) is 0 Å². The van der Waals surface area contributed by atoms with Crippen molar-refractivity contribution in [3.8, 4) is 11.5 Å². The fourth-order valence-electron chi connectivity index (χ4n) is 3.26. The van der Waals surface area contributed by atoms with Crippen LogP contribution in [0.5, 0.6) is 11.5 Å². The van der Waals surface area contributed by atoms with Gasteiger partial charge in [0.2, 0.25) is 11.7 Å². The van der Waals surface area contributed by atoms with Crippen LogP contribution in [0.2, 0.25) is 0 Å². The SMILES string of the molecule is Cc1cccc(COc2cccc(OCc3noc(C4CCC4)n3)c2)c1C(=O)O. The average molecular weight is 394 g/mol. The zero-order valence-corrected chi connectivity index (χ0v) is 16.1. The molecule has 0 radical (unpaired) electrons. The molecule has 150 valence electrons. The Labute approximate surface area is 168 Å². The van der Waals surface area contributed by atoms with E-state index in [2.05, 4.69) is 10.1 Å². The molecule has 7 nitrogen and oxygen atoms in total. The second kappa shape index (κ2) is 8.34. The summed E-state index contributed by atoms with van der Waals surface area (Å²) in [7, 11) is 0. The summed E-state index contributed by atoms with van der Waals surface area (Å²) in [6.45, 7) is 2.14. The van der Waals surface area contributed by atoms with Crippen LogP contribution in [-0.4, -0.2) is 21.2 Å². The summed E-state index contributed by atoms with van der Waals surface area (Å²) < 4.78 is 16.8. The summed E-state index contributed by atoms with van der Waals surface area (Å²) in [4.78, 5) is 15.9. The molecule has 1 aromatic heterocycles. The molecule has 1 aliphatic rings. The van der Waals surface area contributed by atoms with Crippen molar-refractivity contribution in [2.24, 2.45) is 0 Å². The number of hydrogen-bond donors (Lipinski definition) is 1. The van der Waals surface area contributed by atoms with Gasteiger partial charge in [-0.2, -0.15) is 4.98 Å². The minimum atomic E-state index is -0.958. The molecule has 7 heteroatoms. The van der Waals surface area contributed by atoms with E-state index in [1.807, 2.05) is 18.2 Å². The Morgan fingerprint density at radius 1 is 1.14 bits per heavy atom. The number of carboxylic acid groups (broad SMARTS) is 1. The van der Waals surface area contributed by atoms with E-state index in [1.54, 1.807) is 31.2 Å². The fourth-order valence-corrected chi connectivity index (χ4v) is 3.26. The summed E-state index contributed by atoms with van der Waals surface area (Å²) in [5.41, 5.74) is 1.61. The van der Waals surface area contributed by atoms with E-state index in [0.717, 1.165) is 12.8 Å². The molecule has 0 aliphatic heterocycles. The van der Waals surface area contributed by atoms with Crippen LogP contribution in [0.4, 0.5) is 0 Å². The highest BCUT2D eigenvalue weighted by atomic mass is 16.5. The van der Waals surface area contributed by atoms with E-state index in [9.17, 15) is 9.90 Å². The van der Waals surface area contributed by atoms with Crippen molar-refractivity contribution in [2.45, 2.75) is 45.3 Å². The highest BCUT2D eigenvalue weighted by Crippen LogP contribution is 2.35. The number of aromatic nitrogens is 2. The van der Waals surface area contributed by atoms with Gasteiger partial charge < -0.3 is 19.1 Å². The Bertz CT molecular complexity index is 1010. The highest BCUT2D eigenvalue weighted by molar-refractivity contribution is 5.91. The molecule has 0 spiro atoms. The second-order valence-corrected chi connectivity index (χ2v) is 7.14. The van der Waals surface area contributed by atoms with Crippen LogP contribution in [-0.2, 0) is 13.2 Å². The Hall–Kier alpha value is -3.35. The maximum atomic E-state index is 11.5. The molecule has 0 amide bonds.